The third-order valence-electron chi connectivity index (χ3n) is 5.61. The molecule has 0 spiro atoms. The molecule has 3 heterocycles. The van der Waals surface area contributed by atoms with E-state index in [0.717, 1.165) is 53.2 Å². The highest BCUT2D eigenvalue weighted by molar-refractivity contribution is 5.82. The normalized spacial score (nSPS) is 17.4. The van der Waals surface area contributed by atoms with Gasteiger partial charge in [-0.1, -0.05) is 30.3 Å². The van der Waals surface area contributed by atoms with E-state index >= 15 is 0 Å². The number of furan rings is 1. The van der Waals surface area contributed by atoms with E-state index in [0.29, 0.717) is 6.04 Å². The summed E-state index contributed by atoms with van der Waals surface area (Å²) >= 11 is 0. The molecule has 5 heteroatoms. The lowest BCUT2D eigenvalue weighted by atomic mass is 10.0. The molecule has 1 aliphatic rings. The molecular formula is C23H23N3O2. The lowest BCUT2D eigenvalue weighted by Gasteiger charge is -2.25. The second-order valence-corrected chi connectivity index (χ2v) is 7.32. The van der Waals surface area contributed by atoms with Crippen molar-refractivity contribution in [2.45, 2.75) is 25.4 Å². The number of nitrogens with one attached hydrogen (secondary N) is 1. The van der Waals surface area contributed by atoms with Gasteiger partial charge in [-0.05, 0) is 49.2 Å². The second-order valence-electron chi connectivity index (χ2n) is 7.32. The van der Waals surface area contributed by atoms with Crippen LogP contribution in [0, 0.1) is 0 Å². The van der Waals surface area contributed by atoms with Gasteiger partial charge in [0.2, 0.25) is 0 Å². The fraction of sp³-hybridized carbons (Fsp3) is 0.261. The molecule has 1 N–H and O–H groups in total. The largest absolute Gasteiger partial charge is 0.497 e. The summed E-state index contributed by atoms with van der Waals surface area (Å²) in [5.74, 6) is 1.75. The number of H-pyrrole nitrogens is 1. The van der Waals surface area contributed by atoms with E-state index < -0.39 is 0 Å². The Morgan fingerprint density at radius 3 is 3.00 bits per heavy atom. The third kappa shape index (κ3) is 3.08. The van der Waals surface area contributed by atoms with Gasteiger partial charge in [0.15, 0.2) is 5.76 Å². The van der Waals surface area contributed by atoms with Gasteiger partial charge in [-0.15, -0.1) is 0 Å². The van der Waals surface area contributed by atoms with E-state index in [2.05, 4.69) is 45.4 Å². The van der Waals surface area contributed by atoms with Crippen LogP contribution in [0.2, 0.25) is 0 Å². The van der Waals surface area contributed by atoms with Crippen molar-refractivity contribution < 1.29 is 9.15 Å². The molecule has 0 amide bonds. The number of hydrogen-bond donors (Lipinski definition) is 1. The van der Waals surface area contributed by atoms with E-state index in [1.807, 2.05) is 30.5 Å². The third-order valence-corrected chi connectivity index (χ3v) is 5.61. The molecule has 2 aromatic heterocycles. The minimum Gasteiger partial charge on any atom is -0.497 e. The van der Waals surface area contributed by atoms with Gasteiger partial charge in [0, 0.05) is 23.5 Å². The number of aromatic nitrogens is 2. The van der Waals surface area contributed by atoms with Crippen LogP contribution in [-0.4, -0.2) is 28.8 Å². The van der Waals surface area contributed by atoms with Crippen LogP contribution >= 0.6 is 0 Å². The molecule has 0 saturated carbocycles. The standard InChI is InChI=1S/C23H23N3O2/c1-27-19-8-4-7-16(12-19)20-9-5-11-26(20)15-18-14-24-25-23(18)22-13-17-6-2-3-10-21(17)28-22/h2-4,6-8,10,12-14,20H,5,9,11,15H2,1H3,(H,24,25). The number of aromatic amines is 1. The van der Waals surface area contributed by atoms with E-state index in [4.69, 9.17) is 9.15 Å². The molecule has 2 aromatic carbocycles. The lowest BCUT2D eigenvalue weighted by molar-refractivity contribution is 0.248. The van der Waals surface area contributed by atoms with Crippen molar-refractivity contribution in [2.24, 2.45) is 0 Å². The first kappa shape index (κ1) is 17.1. The Labute approximate surface area is 163 Å². The zero-order valence-corrected chi connectivity index (χ0v) is 15.9. The maximum atomic E-state index is 6.05. The number of methoxy groups -OCH3 is 1. The van der Waals surface area contributed by atoms with Crippen molar-refractivity contribution >= 4 is 11.0 Å². The van der Waals surface area contributed by atoms with Crippen LogP contribution in [0.5, 0.6) is 5.75 Å². The maximum Gasteiger partial charge on any atom is 0.153 e. The van der Waals surface area contributed by atoms with Gasteiger partial charge in [-0.25, -0.2) is 0 Å². The van der Waals surface area contributed by atoms with Gasteiger partial charge in [-0.3, -0.25) is 10.00 Å². The molecular weight excluding hydrogens is 350 g/mol. The Hall–Kier alpha value is -3.05. The van der Waals surface area contributed by atoms with Crippen LogP contribution in [0.3, 0.4) is 0 Å². The van der Waals surface area contributed by atoms with Gasteiger partial charge in [0.1, 0.15) is 17.0 Å². The minimum atomic E-state index is 0.397. The monoisotopic (exact) mass is 373 g/mol. The van der Waals surface area contributed by atoms with Crippen molar-refractivity contribution in [3.8, 4) is 17.2 Å². The molecule has 142 valence electrons. The van der Waals surface area contributed by atoms with Gasteiger partial charge < -0.3 is 9.15 Å². The average molecular weight is 373 g/mol. The summed E-state index contributed by atoms with van der Waals surface area (Å²) < 4.78 is 11.5. The van der Waals surface area contributed by atoms with E-state index in [1.54, 1.807) is 7.11 Å². The predicted molar refractivity (Wildman–Crippen MR) is 109 cm³/mol. The van der Waals surface area contributed by atoms with Crippen LogP contribution in [0.1, 0.15) is 30.0 Å². The quantitative estimate of drug-likeness (QED) is 0.524. The Morgan fingerprint density at radius 2 is 2.11 bits per heavy atom. The Morgan fingerprint density at radius 1 is 1.18 bits per heavy atom. The highest BCUT2D eigenvalue weighted by Crippen LogP contribution is 2.36. The van der Waals surface area contributed by atoms with E-state index in [9.17, 15) is 0 Å². The topological polar surface area (TPSA) is 54.3 Å². The van der Waals surface area contributed by atoms with Gasteiger partial charge in [0.05, 0.1) is 13.3 Å². The summed E-state index contributed by atoms with van der Waals surface area (Å²) in [6.45, 7) is 1.91. The number of nitrogens with zero attached hydrogens (tertiary/aromatic N) is 2. The first-order valence-electron chi connectivity index (χ1n) is 9.71. The lowest BCUT2D eigenvalue weighted by Crippen LogP contribution is -2.22. The van der Waals surface area contributed by atoms with Crippen LogP contribution in [0.25, 0.3) is 22.4 Å². The van der Waals surface area contributed by atoms with Gasteiger partial charge in [0.25, 0.3) is 0 Å². The molecule has 1 fully saturated rings. The smallest absolute Gasteiger partial charge is 0.153 e. The number of likely N-dealkylation sites (tertiary alicyclic amines) is 1. The number of rotatable bonds is 5. The summed E-state index contributed by atoms with van der Waals surface area (Å²) in [7, 11) is 1.72. The van der Waals surface area contributed by atoms with Crippen molar-refractivity contribution in [1.29, 1.82) is 0 Å². The minimum absolute atomic E-state index is 0.397. The number of benzene rings is 2. The first-order chi connectivity index (χ1) is 13.8. The van der Waals surface area contributed by atoms with Crippen LogP contribution < -0.4 is 4.74 Å². The molecule has 0 bridgehead atoms. The fourth-order valence-corrected chi connectivity index (χ4v) is 4.21. The summed E-state index contributed by atoms with van der Waals surface area (Å²) in [4.78, 5) is 2.52. The second kappa shape index (κ2) is 7.17. The summed E-state index contributed by atoms with van der Waals surface area (Å²) in [6.07, 6.45) is 4.27. The summed E-state index contributed by atoms with van der Waals surface area (Å²) in [5, 5.41) is 8.55. The van der Waals surface area contributed by atoms with E-state index in [-0.39, 0.29) is 0 Å². The molecule has 28 heavy (non-hydrogen) atoms. The highest BCUT2D eigenvalue weighted by Gasteiger charge is 2.27. The van der Waals surface area contributed by atoms with Crippen LogP contribution in [0.4, 0.5) is 0 Å². The number of para-hydroxylation sites is 1. The van der Waals surface area contributed by atoms with Gasteiger partial charge >= 0.3 is 0 Å². The molecule has 5 nitrogen and oxygen atoms in total. The maximum absolute atomic E-state index is 6.05. The molecule has 4 aromatic rings. The molecule has 0 aliphatic carbocycles. The number of ether oxygens (including phenoxy) is 1. The van der Waals surface area contributed by atoms with Crippen molar-refractivity contribution in [1.82, 2.24) is 15.1 Å². The zero-order valence-electron chi connectivity index (χ0n) is 15.9. The zero-order chi connectivity index (χ0) is 18.9. The molecule has 1 saturated heterocycles. The van der Waals surface area contributed by atoms with Crippen molar-refractivity contribution in [3.63, 3.8) is 0 Å². The van der Waals surface area contributed by atoms with Gasteiger partial charge in [-0.2, -0.15) is 5.10 Å². The van der Waals surface area contributed by atoms with E-state index in [1.165, 1.54) is 12.0 Å². The first-order valence-corrected chi connectivity index (χ1v) is 9.71. The number of fused-ring (bicyclic) bond motifs is 1. The van der Waals surface area contributed by atoms with Crippen LogP contribution in [0.15, 0.2) is 65.2 Å². The molecule has 1 aliphatic heterocycles. The van der Waals surface area contributed by atoms with Crippen molar-refractivity contribution in [3.05, 3.63) is 71.9 Å². The molecule has 5 rings (SSSR count). The SMILES string of the molecule is COc1cccc(C2CCCN2Cc2cn[nH]c2-c2cc3ccccc3o2)c1. The summed E-state index contributed by atoms with van der Waals surface area (Å²) in [6, 6.07) is 19.0. The van der Waals surface area contributed by atoms with Crippen LogP contribution in [-0.2, 0) is 6.54 Å². The Kier molecular flexibility index (Phi) is 4.37. The Balaban J connectivity index is 1.42. The molecule has 1 unspecified atom stereocenters. The molecule has 1 atom stereocenters. The Bertz CT molecular complexity index is 1060. The predicted octanol–water partition coefficient (Wildman–Crippen LogP) is 5.17. The highest BCUT2D eigenvalue weighted by atomic mass is 16.5. The number of hydrogen-bond acceptors (Lipinski definition) is 4. The fourth-order valence-electron chi connectivity index (χ4n) is 4.21. The average Bonchev–Trinajstić information content (AvgIpc) is 3.47. The van der Waals surface area contributed by atoms with Crippen molar-refractivity contribution in [2.75, 3.05) is 13.7 Å². The molecule has 0 radical (unpaired) electrons. The summed E-state index contributed by atoms with van der Waals surface area (Å²) in [5.41, 5.74) is 4.33.